The molecule has 0 aliphatic carbocycles. The van der Waals surface area contributed by atoms with Gasteiger partial charge in [0, 0.05) is 17.9 Å². The van der Waals surface area contributed by atoms with Crippen molar-refractivity contribution in [1.29, 1.82) is 0 Å². The molecule has 0 spiro atoms. The zero-order valence-electron chi connectivity index (χ0n) is 20.7. The quantitative estimate of drug-likeness (QED) is 0.310. The highest BCUT2D eigenvalue weighted by Crippen LogP contribution is 2.27. The van der Waals surface area contributed by atoms with Crippen molar-refractivity contribution in [2.45, 2.75) is 34.6 Å². The van der Waals surface area contributed by atoms with Crippen molar-refractivity contribution in [3.8, 4) is 11.6 Å². The number of rotatable bonds is 6. The van der Waals surface area contributed by atoms with Gasteiger partial charge in [0.25, 0.3) is 5.91 Å². The number of fused-ring (bicyclic) bond motifs is 1. The molecule has 9 heteroatoms. The number of ether oxygens (including phenoxy) is 2. The molecule has 2 aromatic carbocycles. The van der Waals surface area contributed by atoms with Crippen molar-refractivity contribution in [2.24, 2.45) is 0 Å². The van der Waals surface area contributed by atoms with E-state index in [9.17, 15) is 14.4 Å². The van der Waals surface area contributed by atoms with E-state index in [4.69, 9.17) is 14.5 Å². The molecule has 4 aromatic rings. The van der Waals surface area contributed by atoms with Crippen molar-refractivity contribution >= 4 is 34.6 Å². The molecule has 0 atom stereocenters. The zero-order chi connectivity index (χ0) is 26.0. The van der Waals surface area contributed by atoms with Crippen LogP contribution >= 0.6 is 0 Å². The maximum atomic E-state index is 13.1. The molecular weight excluding hydrogens is 460 g/mol. The molecule has 1 N–H and O–H groups in total. The zero-order valence-corrected chi connectivity index (χ0v) is 20.7. The molecule has 0 saturated carbocycles. The minimum atomic E-state index is -0.617. The summed E-state index contributed by atoms with van der Waals surface area (Å²) in [6.45, 7) is 9.16. The van der Waals surface area contributed by atoms with Crippen LogP contribution in [0.3, 0.4) is 0 Å². The van der Waals surface area contributed by atoms with E-state index < -0.39 is 17.8 Å². The molecule has 0 fully saturated rings. The van der Waals surface area contributed by atoms with Crippen molar-refractivity contribution < 1.29 is 23.9 Å². The summed E-state index contributed by atoms with van der Waals surface area (Å²) < 4.78 is 11.6. The van der Waals surface area contributed by atoms with Crippen LogP contribution in [0.25, 0.3) is 16.7 Å². The van der Waals surface area contributed by atoms with Gasteiger partial charge in [-0.3, -0.25) is 9.59 Å². The van der Waals surface area contributed by atoms with E-state index in [0.717, 1.165) is 27.6 Å². The summed E-state index contributed by atoms with van der Waals surface area (Å²) in [5, 5.41) is 8.16. The van der Waals surface area contributed by atoms with E-state index >= 15 is 0 Å². The second-order valence-corrected chi connectivity index (χ2v) is 8.39. The molecule has 9 nitrogen and oxygen atoms in total. The summed E-state index contributed by atoms with van der Waals surface area (Å²) in [4.78, 5) is 41.7. The Morgan fingerprint density at radius 1 is 1.00 bits per heavy atom. The standard InChI is InChI=1S/C27H26N4O5/c1-6-35-27(34)22-14-28-31(23-13-16(3)21-12-15(2)11-17(4)24(21)29-23)25(22)30-26(33)19-7-9-20(10-8-19)36-18(5)32/h7-14H,6H2,1-5H3,(H,30,33). The first kappa shape index (κ1) is 24.6. The fraction of sp³-hybridized carbons (Fsp3) is 0.222. The van der Waals surface area contributed by atoms with E-state index in [1.165, 1.54) is 42.1 Å². The second kappa shape index (κ2) is 9.99. The van der Waals surface area contributed by atoms with Crippen LogP contribution in [0, 0.1) is 20.8 Å². The maximum absolute atomic E-state index is 13.1. The van der Waals surface area contributed by atoms with E-state index in [-0.39, 0.29) is 18.0 Å². The van der Waals surface area contributed by atoms with E-state index in [1.807, 2.05) is 32.9 Å². The number of aromatic nitrogens is 3. The fourth-order valence-corrected chi connectivity index (χ4v) is 3.96. The van der Waals surface area contributed by atoms with Gasteiger partial charge >= 0.3 is 11.9 Å². The van der Waals surface area contributed by atoms with Gasteiger partial charge in [-0.1, -0.05) is 11.6 Å². The van der Waals surface area contributed by atoms with Gasteiger partial charge in [-0.05, 0) is 75.2 Å². The first-order chi connectivity index (χ1) is 17.2. The van der Waals surface area contributed by atoms with Crippen molar-refractivity contribution in [2.75, 3.05) is 11.9 Å². The third kappa shape index (κ3) is 4.95. The Kier molecular flexibility index (Phi) is 6.82. The number of aryl methyl sites for hydroxylation is 3. The van der Waals surface area contributed by atoms with Crippen LogP contribution in [0.5, 0.6) is 5.75 Å². The largest absolute Gasteiger partial charge is 0.462 e. The van der Waals surface area contributed by atoms with E-state index in [2.05, 4.69) is 16.5 Å². The number of anilines is 1. The number of amides is 1. The lowest BCUT2D eigenvalue weighted by Gasteiger charge is -2.13. The molecule has 184 valence electrons. The Labute approximate surface area is 208 Å². The lowest BCUT2D eigenvalue weighted by molar-refractivity contribution is -0.131. The molecule has 2 heterocycles. The predicted octanol–water partition coefficient (Wildman–Crippen LogP) is 4.70. The molecule has 0 radical (unpaired) electrons. The van der Waals surface area contributed by atoms with Crippen LogP contribution in [-0.4, -0.2) is 39.2 Å². The predicted molar refractivity (Wildman–Crippen MR) is 135 cm³/mol. The number of esters is 2. The highest BCUT2D eigenvalue weighted by atomic mass is 16.5. The molecule has 4 rings (SSSR count). The van der Waals surface area contributed by atoms with Crippen LogP contribution in [0.2, 0.25) is 0 Å². The Morgan fingerprint density at radius 3 is 2.39 bits per heavy atom. The number of nitrogens with one attached hydrogen (secondary N) is 1. The highest BCUT2D eigenvalue weighted by molar-refractivity contribution is 6.07. The lowest BCUT2D eigenvalue weighted by Crippen LogP contribution is -2.18. The van der Waals surface area contributed by atoms with Crippen LogP contribution < -0.4 is 10.1 Å². The molecule has 0 aliphatic heterocycles. The van der Waals surface area contributed by atoms with Crippen LogP contribution in [-0.2, 0) is 9.53 Å². The average Bonchev–Trinajstić information content (AvgIpc) is 3.23. The third-order valence-corrected chi connectivity index (χ3v) is 5.53. The number of nitrogens with zero attached hydrogens (tertiary/aromatic N) is 3. The van der Waals surface area contributed by atoms with Crippen molar-refractivity contribution in [1.82, 2.24) is 14.8 Å². The van der Waals surface area contributed by atoms with E-state index in [1.54, 1.807) is 6.92 Å². The second-order valence-electron chi connectivity index (χ2n) is 8.39. The van der Waals surface area contributed by atoms with Gasteiger partial charge in [0.05, 0.1) is 18.3 Å². The summed E-state index contributed by atoms with van der Waals surface area (Å²) in [7, 11) is 0. The van der Waals surface area contributed by atoms with Crippen LogP contribution in [0.1, 0.15) is 51.3 Å². The molecule has 0 aliphatic rings. The Hall–Kier alpha value is -4.53. The molecule has 1 amide bonds. The molecular formula is C27H26N4O5. The SMILES string of the molecule is CCOC(=O)c1cnn(-c2cc(C)c3cc(C)cc(C)c3n2)c1NC(=O)c1ccc(OC(C)=O)cc1. The Morgan fingerprint density at radius 2 is 1.72 bits per heavy atom. The topological polar surface area (TPSA) is 112 Å². The van der Waals surface area contributed by atoms with Gasteiger partial charge in [0.2, 0.25) is 0 Å². The highest BCUT2D eigenvalue weighted by Gasteiger charge is 2.23. The molecule has 0 saturated heterocycles. The normalized spacial score (nSPS) is 10.8. The minimum absolute atomic E-state index is 0.0990. The lowest BCUT2D eigenvalue weighted by atomic mass is 10.0. The van der Waals surface area contributed by atoms with Gasteiger partial charge in [-0.2, -0.15) is 9.78 Å². The van der Waals surface area contributed by atoms with Crippen molar-refractivity contribution in [3.63, 3.8) is 0 Å². The van der Waals surface area contributed by atoms with Gasteiger partial charge in [-0.25, -0.2) is 9.78 Å². The monoisotopic (exact) mass is 486 g/mol. The number of benzene rings is 2. The molecule has 2 aromatic heterocycles. The van der Waals surface area contributed by atoms with Crippen LogP contribution in [0.4, 0.5) is 5.82 Å². The summed E-state index contributed by atoms with van der Waals surface area (Å²) >= 11 is 0. The summed E-state index contributed by atoms with van der Waals surface area (Å²) in [6.07, 6.45) is 1.35. The number of hydrogen-bond donors (Lipinski definition) is 1. The molecule has 0 bridgehead atoms. The Balaban J connectivity index is 1.77. The van der Waals surface area contributed by atoms with Crippen LogP contribution in [0.15, 0.2) is 48.7 Å². The van der Waals surface area contributed by atoms with E-state index in [0.29, 0.717) is 17.1 Å². The van der Waals surface area contributed by atoms with Gasteiger partial charge in [-0.15, -0.1) is 0 Å². The average molecular weight is 487 g/mol. The fourth-order valence-electron chi connectivity index (χ4n) is 3.96. The number of carbonyl (C=O) groups is 3. The van der Waals surface area contributed by atoms with Gasteiger partial charge in [0.1, 0.15) is 11.3 Å². The summed E-state index contributed by atoms with van der Waals surface area (Å²) in [6, 6.07) is 12.0. The van der Waals surface area contributed by atoms with Gasteiger partial charge < -0.3 is 14.8 Å². The number of pyridine rings is 1. The summed E-state index contributed by atoms with van der Waals surface area (Å²) in [5.74, 6) is -0.660. The maximum Gasteiger partial charge on any atom is 0.343 e. The van der Waals surface area contributed by atoms with Gasteiger partial charge in [0.15, 0.2) is 11.6 Å². The number of carbonyl (C=O) groups excluding carboxylic acids is 3. The van der Waals surface area contributed by atoms with Crippen molar-refractivity contribution in [3.05, 3.63) is 76.5 Å². The molecule has 36 heavy (non-hydrogen) atoms. The minimum Gasteiger partial charge on any atom is -0.462 e. The first-order valence-corrected chi connectivity index (χ1v) is 11.4. The molecule has 0 unspecified atom stereocenters. The summed E-state index contributed by atoms with van der Waals surface area (Å²) in [5.41, 5.74) is 4.32. The Bertz CT molecular complexity index is 1490. The third-order valence-electron chi connectivity index (χ3n) is 5.53. The number of hydrogen-bond acceptors (Lipinski definition) is 7. The smallest absolute Gasteiger partial charge is 0.343 e. The first-order valence-electron chi connectivity index (χ1n) is 11.4.